The first-order valence-corrected chi connectivity index (χ1v) is 11.0. The molecule has 162 valence electrons. The van der Waals surface area contributed by atoms with Gasteiger partial charge in [-0.15, -0.1) is 0 Å². The van der Waals surface area contributed by atoms with Gasteiger partial charge in [-0.3, -0.25) is 9.36 Å². The number of carbonyl (C=O) groups excluding carboxylic acids is 1. The first-order chi connectivity index (χ1) is 15.0. The Labute approximate surface area is 183 Å². The van der Waals surface area contributed by atoms with Crippen molar-refractivity contribution in [3.8, 4) is 5.95 Å². The molecular weight excluding hydrogens is 388 g/mol. The van der Waals surface area contributed by atoms with Crippen LogP contribution < -0.4 is 10.2 Å². The number of anilines is 1. The van der Waals surface area contributed by atoms with E-state index in [-0.39, 0.29) is 18.0 Å². The number of hydrogen-bond donors (Lipinski definition) is 1. The van der Waals surface area contributed by atoms with Crippen LogP contribution in [-0.4, -0.2) is 38.0 Å². The number of carbonyl (C=O) groups is 1. The normalized spacial score (nSPS) is 17.4. The van der Waals surface area contributed by atoms with Crippen LogP contribution in [0.4, 0.5) is 5.82 Å². The van der Waals surface area contributed by atoms with Crippen LogP contribution in [0.1, 0.15) is 55.5 Å². The summed E-state index contributed by atoms with van der Waals surface area (Å²) in [5.74, 6) is 1.56. The van der Waals surface area contributed by atoms with Gasteiger partial charge in [-0.1, -0.05) is 29.8 Å². The molecule has 2 atom stereocenters. The number of aromatic nitrogens is 4. The zero-order chi connectivity index (χ0) is 21.8. The quantitative estimate of drug-likeness (QED) is 0.657. The highest BCUT2D eigenvalue weighted by Gasteiger charge is 2.27. The van der Waals surface area contributed by atoms with Crippen molar-refractivity contribution in [2.24, 2.45) is 0 Å². The molecule has 1 aliphatic heterocycles. The molecule has 0 aliphatic carbocycles. The minimum absolute atomic E-state index is 0.0146. The molecule has 0 saturated carbocycles. The zero-order valence-electron chi connectivity index (χ0n) is 18.5. The number of hydrogen-bond acceptors (Lipinski definition) is 5. The molecule has 0 bridgehead atoms. The Hall–Kier alpha value is -3.22. The maximum atomic E-state index is 12.9. The number of piperidine rings is 1. The lowest BCUT2D eigenvalue weighted by Crippen LogP contribution is -2.43. The van der Waals surface area contributed by atoms with E-state index in [0.717, 1.165) is 42.9 Å². The first kappa shape index (κ1) is 21.0. The van der Waals surface area contributed by atoms with Gasteiger partial charge in [0.25, 0.3) is 0 Å². The molecular formula is C24H30N6O. The van der Waals surface area contributed by atoms with Gasteiger partial charge in [0.15, 0.2) is 0 Å². The lowest BCUT2D eigenvalue weighted by Gasteiger charge is -2.36. The van der Waals surface area contributed by atoms with Crippen molar-refractivity contribution in [3.63, 3.8) is 0 Å². The smallest absolute Gasteiger partial charge is 0.237 e. The Morgan fingerprint density at radius 1 is 1.19 bits per heavy atom. The number of benzene rings is 1. The molecule has 1 amide bonds. The second kappa shape index (κ2) is 9.29. The fourth-order valence-corrected chi connectivity index (χ4v) is 4.14. The Kier molecular flexibility index (Phi) is 6.30. The summed E-state index contributed by atoms with van der Waals surface area (Å²) in [5, 5.41) is 3.17. The van der Waals surface area contributed by atoms with Crippen LogP contribution in [0.25, 0.3) is 5.95 Å². The number of nitrogens with one attached hydrogen (secondary N) is 1. The maximum Gasteiger partial charge on any atom is 0.237 e. The van der Waals surface area contributed by atoms with Gasteiger partial charge in [-0.05, 0) is 45.6 Å². The Bertz CT molecular complexity index is 1020. The largest absolute Gasteiger partial charge is 0.353 e. The monoisotopic (exact) mass is 418 g/mol. The number of nitrogens with zero attached hydrogens (tertiary/aromatic N) is 5. The third-order valence-electron chi connectivity index (χ3n) is 5.86. The fourth-order valence-electron chi connectivity index (χ4n) is 4.14. The lowest BCUT2D eigenvalue weighted by atomic mass is 9.98. The van der Waals surface area contributed by atoms with Gasteiger partial charge in [0, 0.05) is 43.2 Å². The van der Waals surface area contributed by atoms with Gasteiger partial charge in [-0.2, -0.15) is 4.98 Å². The van der Waals surface area contributed by atoms with Gasteiger partial charge in [0.1, 0.15) is 12.1 Å². The summed E-state index contributed by atoms with van der Waals surface area (Å²) in [4.78, 5) is 28.6. The summed E-state index contributed by atoms with van der Waals surface area (Å²) < 4.78 is 1.81. The van der Waals surface area contributed by atoms with E-state index in [9.17, 15) is 4.79 Å². The topological polar surface area (TPSA) is 75.9 Å². The molecule has 7 heteroatoms. The zero-order valence-corrected chi connectivity index (χ0v) is 18.5. The molecule has 0 spiro atoms. The maximum absolute atomic E-state index is 12.9. The number of amides is 1. The number of rotatable bonds is 6. The molecule has 1 N–H and O–H groups in total. The average Bonchev–Trinajstić information content (AvgIpc) is 3.29. The summed E-state index contributed by atoms with van der Waals surface area (Å²) >= 11 is 0. The standard InChI is InChI=1S/C24H30N6O/c1-17-7-9-20(10-8-17)19(3)27-23(31)15-21-6-4-5-12-30(21)22-14-18(2)26-24(28-22)29-13-11-25-16-29/h7-11,13-14,16,19,21H,4-6,12,15H2,1-3H3,(H,27,31). The van der Waals surface area contributed by atoms with Gasteiger partial charge in [-0.25, -0.2) is 9.97 Å². The molecule has 31 heavy (non-hydrogen) atoms. The summed E-state index contributed by atoms with van der Waals surface area (Å²) in [6.07, 6.45) is 8.92. The first-order valence-electron chi connectivity index (χ1n) is 11.0. The second-order valence-corrected chi connectivity index (χ2v) is 8.38. The predicted octanol–water partition coefficient (Wildman–Crippen LogP) is 3.91. The van der Waals surface area contributed by atoms with Crippen LogP contribution in [0.5, 0.6) is 0 Å². The Morgan fingerprint density at radius 3 is 2.74 bits per heavy atom. The molecule has 1 fully saturated rings. The molecule has 7 nitrogen and oxygen atoms in total. The van der Waals surface area contributed by atoms with Crippen molar-refractivity contribution in [3.05, 3.63) is 65.9 Å². The Morgan fingerprint density at radius 2 is 2.00 bits per heavy atom. The average molecular weight is 419 g/mol. The molecule has 1 aromatic carbocycles. The van der Waals surface area contributed by atoms with Gasteiger partial charge in [0.2, 0.25) is 11.9 Å². The summed E-state index contributed by atoms with van der Waals surface area (Å²) in [5.41, 5.74) is 3.24. The number of imidazole rings is 1. The van der Waals surface area contributed by atoms with E-state index in [4.69, 9.17) is 4.98 Å². The summed E-state index contributed by atoms with van der Waals surface area (Å²) in [6, 6.07) is 10.4. The van der Waals surface area contributed by atoms with Crippen LogP contribution >= 0.6 is 0 Å². The van der Waals surface area contributed by atoms with Gasteiger partial charge in [0.05, 0.1) is 6.04 Å². The van der Waals surface area contributed by atoms with Crippen molar-refractivity contribution in [1.82, 2.24) is 24.8 Å². The molecule has 3 aromatic rings. The number of aryl methyl sites for hydroxylation is 2. The molecule has 2 unspecified atom stereocenters. The lowest BCUT2D eigenvalue weighted by molar-refractivity contribution is -0.122. The highest BCUT2D eigenvalue weighted by Crippen LogP contribution is 2.26. The molecule has 3 heterocycles. The molecule has 1 aliphatic rings. The van der Waals surface area contributed by atoms with E-state index < -0.39 is 0 Å². The molecule has 4 rings (SSSR count). The fraction of sp³-hybridized carbons (Fsp3) is 0.417. The minimum Gasteiger partial charge on any atom is -0.353 e. The highest BCUT2D eigenvalue weighted by molar-refractivity contribution is 5.77. The van der Waals surface area contributed by atoms with Crippen molar-refractivity contribution >= 4 is 11.7 Å². The molecule has 2 aromatic heterocycles. The third kappa shape index (κ3) is 5.10. The van der Waals surface area contributed by atoms with Crippen LogP contribution in [0.3, 0.4) is 0 Å². The van der Waals surface area contributed by atoms with Crippen molar-refractivity contribution < 1.29 is 4.79 Å². The summed E-state index contributed by atoms with van der Waals surface area (Å²) in [6.45, 7) is 6.97. The van der Waals surface area contributed by atoms with E-state index in [1.54, 1.807) is 12.5 Å². The SMILES string of the molecule is Cc1ccc(C(C)NC(=O)CC2CCCCN2c2cc(C)nc(-n3ccnc3)n2)cc1. The molecule has 1 saturated heterocycles. The van der Waals surface area contributed by atoms with E-state index in [2.05, 4.69) is 51.4 Å². The predicted molar refractivity (Wildman–Crippen MR) is 121 cm³/mol. The van der Waals surface area contributed by atoms with Crippen LogP contribution in [0.15, 0.2) is 49.1 Å². The van der Waals surface area contributed by atoms with Crippen molar-refractivity contribution in [2.45, 2.75) is 58.5 Å². The highest BCUT2D eigenvalue weighted by atomic mass is 16.1. The van der Waals surface area contributed by atoms with Crippen molar-refractivity contribution in [2.75, 3.05) is 11.4 Å². The van der Waals surface area contributed by atoms with E-state index in [0.29, 0.717) is 12.4 Å². The van der Waals surface area contributed by atoms with E-state index in [1.807, 2.05) is 30.7 Å². The second-order valence-electron chi connectivity index (χ2n) is 8.38. The summed E-state index contributed by atoms with van der Waals surface area (Å²) in [7, 11) is 0. The Balaban J connectivity index is 1.47. The van der Waals surface area contributed by atoms with Crippen molar-refractivity contribution in [1.29, 1.82) is 0 Å². The minimum atomic E-state index is -0.0146. The van der Waals surface area contributed by atoms with Gasteiger partial charge >= 0.3 is 0 Å². The van der Waals surface area contributed by atoms with Crippen LogP contribution in [0, 0.1) is 13.8 Å². The van der Waals surface area contributed by atoms with Gasteiger partial charge < -0.3 is 10.2 Å². The van der Waals surface area contributed by atoms with E-state index >= 15 is 0 Å². The van der Waals surface area contributed by atoms with Crippen LogP contribution in [-0.2, 0) is 4.79 Å². The third-order valence-corrected chi connectivity index (χ3v) is 5.86. The molecule has 0 radical (unpaired) electrons. The van der Waals surface area contributed by atoms with E-state index in [1.165, 1.54) is 5.56 Å². The van der Waals surface area contributed by atoms with Crippen LogP contribution in [0.2, 0.25) is 0 Å².